The standard InChI is InChI=1S/C19H20Cl2N2O3S/c1-13-4-3-9-23(12-13)19(24)14-5-2-6-15(10-14)22-27(25,26)16-7-8-17(20)18(21)11-16/h2,5-8,10-11,13,22H,3-4,9,12H2,1H3. The molecule has 0 aromatic heterocycles. The van der Waals surface area contributed by atoms with Crippen LogP contribution in [-0.4, -0.2) is 32.3 Å². The first-order chi connectivity index (χ1) is 12.8. The number of hydrogen-bond donors (Lipinski definition) is 1. The molecular formula is C19H20Cl2N2O3S. The third-order valence-electron chi connectivity index (χ3n) is 4.51. The number of nitrogens with zero attached hydrogens (tertiary/aromatic N) is 1. The number of halogens is 2. The summed E-state index contributed by atoms with van der Waals surface area (Å²) in [5.74, 6) is 0.385. The zero-order valence-corrected chi connectivity index (χ0v) is 17.1. The third-order valence-corrected chi connectivity index (χ3v) is 6.63. The fraction of sp³-hybridized carbons (Fsp3) is 0.316. The predicted molar refractivity (Wildman–Crippen MR) is 108 cm³/mol. The molecular weight excluding hydrogens is 407 g/mol. The van der Waals surface area contributed by atoms with Gasteiger partial charge in [-0.05, 0) is 55.2 Å². The Morgan fingerprint density at radius 2 is 1.93 bits per heavy atom. The second-order valence-corrected chi connectivity index (χ2v) is 9.26. The Bertz CT molecular complexity index is 963. The molecule has 1 unspecified atom stereocenters. The Morgan fingerprint density at radius 1 is 1.15 bits per heavy atom. The molecule has 5 nitrogen and oxygen atoms in total. The molecule has 3 rings (SSSR count). The normalized spacial score (nSPS) is 17.6. The minimum Gasteiger partial charge on any atom is -0.338 e. The van der Waals surface area contributed by atoms with Crippen LogP contribution in [0.5, 0.6) is 0 Å². The van der Waals surface area contributed by atoms with Crippen LogP contribution in [0.25, 0.3) is 0 Å². The van der Waals surface area contributed by atoms with Gasteiger partial charge in [-0.2, -0.15) is 0 Å². The number of benzene rings is 2. The van der Waals surface area contributed by atoms with Gasteiger partial charge < -0.3 is 4.90 Å². The first-order valence-corrected chi connectivity index (χ1v) is 10.9. The van der Waals surface area contributed by atoms with Gasteiger partial charge in [0.2, 0.25) is 0 Å². The monoisotopic (exact) mass is 426 g/mol. The lowest BCUT2D eigenvalue weighted by molar-refractivity contribution is 0.0683. The number of sulfonamides is 1. The van der Waals surface area contributed by atoms with E-state index in [1.165, 1.54) is 18.2 Å². The second kappa shape index (κ2) is 8.09. The third kappa shape index (κ3) is 4.75. The highest BCUT2D eigenvalue weighted by atomic mass is 35.5. The van der Waals surface area contributed by atoms with Gasteiger partial charge in [0.25, 0.3) is 15.9 Å². The molecule has 1 amide bonds. The second-order valence-electron chi connectivity index (χ2n) is 6.76. The van der Waals surface area contributed by atoms with Gasteiger partial charge in [0, 0.05) is 24.3 Å². The van der Waals surface area contributed by atoms with Crippen LogP contribution in [0.4, 0.5) is 5.69 Å². The zero-order chi connectivity index (χ0) is 19.6. The summed E-state index contributed by atoms with van der Waals surface area (Å²) < 4.78 is 27.7. The van der Waals surface area contributed by atoms with Crippen LogP contribution >= 0.6 is 23.2 Å². The highest BCUT2D eigenvalue weighted by Crippen LogP contribution is 2.26. The number of piperidine rings is 1. The summed E-state index contributed by atoms with van der Waals surface area (Å²) in [6.07, 6.45) is 2.10. The van der Waals surface area contributed by atoms with E-state index in [-0.39, 0.29) is 20.8 Å². The van der Waals surface area contributed by atoms with E-state index in [1.54, 1.807) is 24.3 Å². The molecule has 27 heavy (non-hydrogen) atoms. The van der Waals surface area contributed by atoms with E-state index in [1.807, 2.05) is 4.90 Å². The molecule has 0 radical (unpaired) electrons. The van der Waals surface area contributed by atoms with Gasteiger partial charge in [-0.15, -0.1) is 0 Å². The van der Waals surface area contributed by atoms with Crippen LogP contribution in [0.15, 0.2) is 47.4 Å². The Balaban J connectivity index is 1.80. The lowest BCUT2D eigenvalue weighted by Crippen LogP contribution is -2.39. The summed E-state index contributed by atoms with van der Waals surface area (Å²) in [6.45, 7) is 3.57. The molecule has 1 aliphatic rings. The van der Waals surface area contributed by atoms with Crippen molar-refractivity contribution in [3.05, 3.63) is 58.1 Å². The van der Waals surface area contributed by atoms with Crippen molar-refractivity contribution in [1.82, 2.24) is 4.90 Å². The maximum absolute atomic E-state index is 12.7. The summed E-state index contributed by atoms with van der Waals surface area (Å²) in [7, 11) is -3.85. The van der Waals surface area contributed by atoms with Crippen molar-refractivity contribution in [1.29, 1.82) is 0 Å². The number of likely N-dealkylation sites (tertiary alicyclic amines) is 1. The van der Waals surface area contributed by atoms with Crippen molar-refractivity contribution >= 4 is 44.8 Å². The Morgan fingerprint density at radius 3 is 2.63 bits per heavy atom. The molecule has 1 aliphatic heterocycles. The van der Waals surface area contributed by atoms with Crippen LogP contribution < -0.4 is 4.72 Å². The summed E-state index contributed by atoms with van der Waals surface area (Å²) in [4.78, 5) is 14.6. The van der Waals surface area contributed by atoms with Gasteiger partial charge in [0.05, 0.1) is 14.9 Å². The van der Waals surface area contributed by atoms with E-state index in [9.17, 15) is 13.2 Å². The fourth-order valence-corrected chi connectivity index (χ4v) is 4.57. The van der Waals surface area contributed by atoms with Crippen molar-refractivity contribution in [3.8, 4) is 0 Å². The molecule has 0 saturated carbocycles. The van der Waals surface area contributed by atoms with Crippen molar-refractivity contribution < 1.29 is 13.2 Å². The smallest absolute Gasteiger partial charge is 0.261 e. The van der Waals surface area contributed by atoms with Crippen molar-refractivity contribution in [2.24, 2.45) is 5.92 Å². The summed E-state index contributed by atoms with van der Waals surface area (Å²) in [6, 6.07) is 10.6. The zero-order valence-electron chi connectivity index (χ0n) is 14.8. The lowest BCUT2D eigenvalue weighted by Gasteiger charge is -2.31. The molecule has 1 heterocycles. The van der Waals surface area contributed by atoms with E-state index < -0.39 is 10.0 Å². The SMILES string of the molecule is CC1CCCN(C(=O)c2cccc(NS(=O)(=O)c3ccc(Cl)c(Cl)c3)c2)C1. The molecule has 1 saturated heterocycles. The number of amides is 1. The Labute approximate surface area is 169 Å². The summed E-state index contributed by atoms with van der Waals surface area (Å²) in [5.41, 5.74) is 0.774. The van der Waals surface area contributed by atoms with Gasteiger partial charge in [-0.25, -0.2) is 8.42 Å². The molecule has 0 spiro atoms. The maximum Gasteiger partial charge on any atom is 0.261 e. The highest BCUT2D eigenvalue weighted by molar-refractivity contribution is 7.92. The maximum atomic E-state index is 12.7. The van der Waals surface area contributed by atoms with E-state index in [2.05, 4.69) is 11.6 Å². The molecule has 1 fully saturated rings. The molecule has 0 bridgehead atoms. The molecule has 2 aromatic rings. The van der Waals surface area contributed by atoms with Crippen LogP contribution in [0.1, 0.15) is 30.1 Å². The molecule has 1 N–H and O–H groups in total. The molecule has 8 heteroatoms. The highest BCUT2D eigenvalue weighted by Gasteiger charge is 2.23. The quantitative estimate of drug-likeness (QED) is 0.772. The van der Waals surface area contributed by atoms with E-state index >= 15 is 0 Å². The fourth-order valence-electron chi connectivity index (χ4n) is 3.13. The molecule has 144 valence electrons. The summed E-state index contributed by atoms with van der Waals surface area (Å²) in [5, 5.41) is 0.432. The number of carbonyl (C=O) groups excluding carboxylic acids is 1. The predicted octanol–water partition coefficient (Wildman–Crippen LogP) is 4.67. The van der Waals surface area contributed by atoms with Gasteiger partial charge in [-0.3, -0.25) is 9.52 Å². The topological polar surface area (TPSA) is 66.5 Å². The van der Waals surface area contributed by atoms with Gasteiger partial charge >= 0.3 is 0 Å². The van der Waals surface area contributed by atoms with Crippen molar-refractivity contribution in [3.63, 3.8) is 0 Å². The Hall–Kier alpha value is -1.76. The summed E-state index contributed by atoms with van der Waals surface area (Å²) >= 11 is 11.8. The number of hydrogen-bond acceptors (Lipinski definition) is 3. The van der Waals surface area contributed by atoms with Crippen LogP contribution in [-0.2, 0) is 10.0 Å². The molecule has 0 aliphatic carbocycles. The van der Waals surface area contributed by atoms with E-state index in [0.29, 0.717) is 17.2 Å². The van der Waals surface area contributed by atoms with Crippen LogP contribution in [0, 0.1) is 5.92 Å². The molecule has 1 atom stereocenters. The minimum atomic E-state index is -3.85. The van der Waals surface area contributed by atoms with Crippen molar-refractivity contribution in [2.45, 2.75) is 24.7 Å². The van der Waals surface area contributed by atoms with Crippen LogP contribution in [0.3, 0.4) is 0 Å². The number of carbonyl (C=O) groups is 1. The average Bonchev–Trinajstić information content (AvgIpc) is 2.63. The average molecular weight is 427 g/mol. The van der Waals surface area contributed by atoms with Gasteiger partial charge in [0.15, 0.2) is 0 Å². The lowest BCUT2D eigenvalue weighted by atomic mass is 9.99. The van der Waals surface area contributed by atoms with Crippen LogP contribution in [0.2, 0.25) is 10.0 Å². The number of anilines is 1. The van der Waals surface area contributed by atoms with Crippen molar-refractivity contribution in [2.75, 3.05) is 17.8 Å². The minimum absolute atomic E-state index is 0.00140. The first-order valence-electron chi connectivity index (χ1n) is 8.63. The van der Waals surface area contributed by atoms with E-state index in [0.717, 1.165) is 25.9 Å². The van der Waals surface area contributed by atoms with E-state index in [4.69, 9.17) is 23.2 Å². The molecule has 2 aromatic carbocycles. The largest absolute Gasteiger partial charge is 0.338 e. The number of nitrogens with one attached hydrogen (secondary N) is 1. The van der Waals surface area contributed by atoms with Gasteiger partial charge in [-0.1, -0.05) is 36.2 Å². The van der Waals surface area contributed by atoms with Gasteiger partial charge in [0.1, 0.15) is 0 Å². The Kier molecular flexibility index (Phi) is 5.99. The first kappa shape index (κ1) is 20.0. The number of rotatable bonds is 4.